The van der Waals surface area contributed by atoms with Gasteiger partial charge in [0.25, 0.3) is 0 Å². The molecule has 1 heterocycles. The van der Waals surface area contributed by atoms with Gasteiger partial charge in [-0.05, 0) is 37.1 Å². The Hall–Kier alpha value is -1.81. The highest BCUT2D eigenvalue weighted by Gasteiger charge is 2.31. The van der Waals surface area contributed by atoms with E-state index in [-0.39, 0.29) is 11.9 Å². The minimum atomic E-state index is 0.0280. The van der Waals surface area contributed by atoms with Gasteiger partial charge in [-0.1, -0.05) is 20.8 Å². The average molecular weight is 301 g/mol. The van der Waals surface area contributed by atoms with Gasteiger partial charge >= 0.3 is 0 Å². The van der Waals surface area contributed by atoms with Gasteiger partial charge in [-0.25, -0.2) is 0 Å². The first-order valence-electron chi connectivity index (χ1n) is 8.04. The molecule has 22 heavy (non-hydrogen) atoms. The summed E-state index contributed by atoms with van der Waals surface area (Å²) in [7, 11) is 0. The summed E-state index contributed by atoms with van der Waals surface area (Å²) in [5, 5.41) is 4.44. The summed E-state index contributed by atoms with van der Waals surface area (Å²) in [6.07, 6.45) is 2.81. The first-order chi connectivity index (χ1) is 10.5. The number of carbonyl (C=O) groups is 1. The zero-order valence-corrected chi connectivity index (χ0v) is 13.4. The number of ketones is 1. The van der Waals surface area contributed by atoms with Gasteiger partial charge in [0.05, 0.1) is 0 Å². The van der Waals surface area contributed by atoms with Gasteiger partial charge in [0, 0.05) is 23.9 Å². The summed E-state index contributed by atoms with van der Waals surface area (Å²) in [6, 6.07) is 8.63. The van der Waals surface area contributed by atoms with Crippen molar-refractivity contribution in [1.29, 1.82) is 0 Å². The summed E-state index contributed by atoms with van der Waals surface area (Å²) in [5.74, 6) is 1.30. The van der Waals surface area contributed by atoms with Crippen LogP contribution in [0, 0.1) is 0 Å². The van der Waals surface area contributed by atoms with Gasteiger partial charge in [0.1, 0.15) is 17.4 Å². The zero-order valence-electron chi connectivity index (χ0n) is 13.4. The summed E-state index contributed by atoms with van der Waals surface area (Å²) >= 11 is 0. The van der Waals surface area contributed by atoms with Gasteiger partial charge in [-0.2, -0.15) is 0 Å². The van der Waals surface area contributed by atoms with Crippen LogP contribution in [0.5, 0.6) is 5.75 Å². The number of benzene rings is 1. The molecular weight excluding hydrogens is 278 g/mol. The SMILES string of the molecule is CCC(=O)c1cc2cc(O[C@H]3C[C@H](NC(C)C)C3)ccc2o1. The van der Waals surface area contributed by atoms with Gasteiger partial charge in [0.15, 0.2) is 11.5 Å². The molecule has 1 fully saturated rings. The van der Waals surface area contributed by atoms with Crippen molar-refractivity contribution in [1.82, 2.24) is 5.32 Å². The Labute approximate surface area is 130 Å². The minimum Gasteiger partial charge on any atom is -0.490 e. The van der Waals surface area contributed by atoms with E-state index in [0.29, 0.717) is 24.3 Å². The predicted molar refractivity (Wildman–Crippen MR) is 86.5 cm³/mol. The molecule has 1 aromatic carbocycles. The molecule has 2 aromatic rings. The third-order valence-corrected chi connectivity index (χ3v) is 4.05. The van der Waals surface area contributed by atoms with Crippen LogP contribution >= 0.6 is 0 Å². The Morgan fingerprint density at radius 3 is 2.82 bits per heavy atom. The standard InChI is InChI=1S/C18H23NO3/c1-4-16(20)18-8-12-7-14(5-6-17(12)22-18)21-15-9-13(10-15)19-11(2)3/h5-8,11,13,15,19H,4,9-10H2,1-3H3/t13-,15-. The number of nitrogens with one attached hydrogen (secondary N) is 1. The monoisotopic (exact) mass is 301 g/mol. The van der Waals surface area contributed by atoms with Crippen LogP contribution in [0.25, 0.3) is 11.0 Å². The molecule has 0 bridgehead atoms. The highest BCUT2D eigenvalue weighted by Crippen LogP contribution is 2.29. The van der Waals surface area contributed by atoms with Crippen molar-refractivity contribution in [3.05, 3.63) is 30.0 Å². The van der Waals surface area contributed by atoms with Crippen LogP contribution in [-0.4, -0.2) is 24.0 Å². The zero-order chi connectivity index (χ0) is 15.7. The molecule has 1 aromatic heterocycles. The fourth-order valence-corrected chi connectivity index (χ4v) is 2.87. The molecule has 0 saturated heterocycles. The van der Waals surface area contributed by atoms with Crippen LogP contribution in [0.4, 0.5) is 0 Å². The molecule has 0 aliphatic heterocycles. The predicted octanol–water partition coefficient (Wildman–Crippen LogP) is 3.93. The van der Waals surface area contributed by atoms with Crippen LogP contribution in [0.3, 0.4) is 0 Å². The van der Waals surface area contributed by atoms with Crippen molar-refractivity contribution in [3.8, 4) is 5.75 Å². The maximum absolute atomic E-state index is 11.7. The Morgan fingerprint density at radius 2 is 2.14 bits per heavy atom. The van der Waals surface area contributed by atoms with Crippen LogP contribution in [0.2, 0.25) is 0 Å². The second-order valence-corrected chi connectivity index (χ2v) is 6.32. The number of furan rings is 1. The topological polar surface area (TPSA) is 51.5 Å². The van der Waals surface area contributed by atoms with E-state index in [9.17, 15) is 4.79 Å². The highest BCUT2D eigenvalue weighted by molar-refractivity contribution is 5.97. The van der Waals surface area contributed by atoms with E-state index in [2.05, 4.69) is 19.2 Å². The molecule has 4 heteroatoms. The third-order valence-electron chi connectivity index (χ3n) is 4.05. The first-order valence-corrected chi connectivity index (χ1v) is 8.04. The lowest BCUT2D eigenvalue weighted by Gasteiger charge is -2.37. The van der Waals surface area contributed by atoms with E-state index in [4.69, 9.17) is 9.15 Å². The third kappa shape index (κ3) is 3.17. The highest BCUT2D eigenvalue weighted by atomic mass is 16.5. The van der Waals surface area contributed by atoms with Gasteiger partial charge in [-0.15, -0.1) is 0 Å². The fourth-order valence-electron chi connectivity index (χ4n) is 2.87. The molecule has 0 radical (unpaired) electrons. The molecular formula is C18H23NO3. The lowest BCUT2D eigenvalue weighted by atomic mass is 9.88. The molecule has 1 aliphatic carbocycles. The smallest absolute Gasteiger partial charge is 0.197 e. The van der Waals surface area contributed by atoms with Gasteiger partial charge in [-0.3, -0.25) is 4.79 Å². The lowest BCUT2D eigenvalue weighted by molar-refractivity contribution is 0.0816. The summed E-state index contributed by atoms with van der Waals surface area (Å²) in [4.78, 5) is 11.7. The van der Waals surface area contributed by atoms with E-state index in [1.54, 1.807) is 6.07 Å². The quantitative estimate of drug-likeness (QED) is 0.821. The molecule has 1 aliphatic rings. The molecule has 1 saturated carbocycles. The molecule has 1 N–H and O–H groups in total. The second kappa shape index (κ2) is 6.13. The van der Waals surface area contributed by atoms with Crippen LogP contribution in [0.15, 0.2) is 28.7 Å². The first kappa shape index (κ1) is 15.1. The van der Waals surface area contributed by atoms with Gasteiger partial charge in [0.2, 0.25) is 0 Å². The second-order valence-electron chi connectivity index (χ2n) is 6.32. The maximum atomic E-state index is 11.7. The van der Waals surface area contributed by atoms with Gasteiger partial charge < -0.3 is 14.5 Å². The summed E-state index contributed by atoms with van der Waals surface area (Å²) in [5.41, 5.74) is 0.733. The van der Waals surface area contributed by atoms with E-state index in [0.717, 1.165) is 29.6 Å². The van der Waals surface area contributed by atoms with Crippen molar-refractivity contribution in [2.24, 2.45) is 0 Å². The maximum Gasteiger partial charge on any atom is 0.197 e. The molecule has 3 rings (SSSR count). The number of hydrogen-bond acceptors (Lipinski definition) is 4. The van der Waals surface area contributed by atoms with Crippen molar-refractivity contribution >= 4 is 16.8 Å². The van der Waals surface area contributed by atoms with E-state index in [1.165, 1.54) is 0 Å². The Kier molecular flexibility index (Phi) is 4.21. The molecule has 0 spiro atoms. The van der Waals surface area contributed by atoms with Crippen molar-refractivity contribution in [2.75, 3.05) is 0 Å². The van der Waals surface area contributed by atoms with Crippen LogP contribution in [-0.2, 0) is 0 Å². The van der Waals surface area contributed by atoms with E-state index >= 15 is 0 Å². The molecule has 0 unspecified atom stereocenters. The lowest BCUT2D eigenvalue weighted by Crippen LogP contribution is -2.49. The number of fused-ring (bicyclic) bond motifs is 1. The van der Waals surface area contributed by atoms with Crippen molar-refractivity contribution in [2.45, 2.75) is 58.2 Å². The molecule has 0 amide bonds. The van der Waals surface area contributed by atoms with Crippen LogP contribution < -0.4 is 10.1 Å². The number of rotatable bonds is 6. The summed E-state index contributed by atoms with van der Waals surface area (Å²) in [6.45, 7) is 6.16. The molecule has 0 atom stereocenters. The Bertz CT molecular complexity index is 668. The largest absolute Gasteiger partial charge is 0.490 e. The van der Waals surface area contributed by atoms with Crippen molar-refractivity contribution < 1.29 is 13.9 Å². The van der Waals surface area contributed by atoms with E-state index in [1.807, 2.05) is 25.1 Å². The molecule has 4 nitrogen and oxygen atoms in total. The number of ether oxygens (including phenoxy) is 1. The summed E-state index contributed by atoms with van der Waals surface area (Å²) < 4.78 is 11.6. The number of Topliss-reactive ketones (excluding diaryl/α,β-unsaturated/α-hetero) is 1. The Balaban J connectivity index is 1.64. The van der Waals surface area contributed by atoms with Crippen LogP contribution in [0.1, 0.15) is 50.6 Å². The average Bonchev–Trinajstić information content (AvgIpc) is 2.86. The fraction of sp³-hybridized carbons (Fsp3) is 0.500. The molecule has 118 valence electrons. The normalized spacial score (nSPS) is 21.1. The van der Waals surface area contributed by atoms with E-state index < -0.39 is 0 Å². The number of hydrogen-bond donors (Lipinski definition) is 1. The van der Waals surface area contributed by atoms with Crippen molar-refractivity contribution in [3.63, 3.8) is 0 Å². The Morgan fingerprint density at radius 1 is 1.36 bits per heavy atom. The number of carbonyl (C=O) groups excluding carboxylic acids is 1. The minimum absolute atomic E-state index is 0.0280.